The summed E-state index contributed by atoms with van der Waals surface area (Å²) in [4.78, 5) is 7.67. The van der Waals surface area contributed by atoms with Crippen molar-refractivity contribution in [2.45, 2.75) is 25.3 Å². The molecule has 4 heteroatoms. The van der Waals surface area contributed by atoms with E-state index in [-0.39, 0.29) is 0 Å². The van der Waals surface area contributed by atoms with Gasteiger partial charge in [0.2, 0.25) is 0 Å². The van der Waals surface area contributed by atoms with E-state index in [1.165, 1.54) is 44.7 Å². The molecule has 21 heavy (non-hydrogen) atoms. The summed E-state index contributed by atoms with van der Waals surface area (Å²) in [5.74, 6) is 1.00. The zero-order chi connectivity index (χ0) is 14.7. The molecule has 3 rings (SSSR count). The van der Waals surface area contributed by atoms with Gasteiger partial charge in [0.1, 0.15) is 5.76 Å². The van der Waals surface area contributed by atoms with Crippen LogP contribution in [0.3, 0.4) is 0 Å². The van der Waals surface area contributed by atoms with Gasteiger partial charge >= 0.3 is 0 Å². The highest BCUT2D eigenvalue weighted by molar-refractivity contribution is 5.30. The van der Waals surface area contributed by atoms with E-state index in [9.17, 15) is 0 Å². The maximum atomic E-state index is 5.36. The van der Waals surface area contributed by atoms with Gasteiger partial charge in [-0.2, -0.15) is 0 Å². The topological polar surface area (TPSA) is 19.0 Å². The lowest BCUT2D eigenvalue weighted by atomic mass is 10.0. The molecule has 1 aliphatic carbocycles. The van der Waals surface area contributed by atoms with Crippen LogP contribution >= 0.6 is 0 Å². The van der Waals surface area contributed by atoms with Crippen molar-refractivity contribution in [1.29, 1.82) is 0 Å². The van der Waals surface area contributed by atoms with Crippen molar-refractivity contribution in [1.82, 2.24) is 14.7 Å². The van der Waals surface area contributed by atoms with Crippen LogP contribution in [0.5, 0.6) is 0 Å². The summed E-state index contributed by atoms with van der Waals surface area (Å²) in [6.07, 6.45) is 10.3. The summed E-state index contributed by atoms with van der Waals surface area (Å²) in [7, 11) is 3.99. The van der Waals surface area contributed by atoms with Crippen LogP contribution in [0.1, 0.15) is 19.3 Å². The molecule has 4 nitrogen and oxygen atoms in total. The number of nitrogens with zero attached hydrogens (tertiary/aromatic N) is 3. The number of piperidine rings is 1. The molecule has 2 saturated heterocycles. The third kappa shape index (κ3) is 3.61. The van der Waals surface area contributed by atoms with Crippen LogP contribution in [-0.2, 0) is 4.74 Å². The zero-order valence-corrected chi connectivity index (χ0v) is 13.4. The van der Waals surface area contributed by atoms with Crippen molar-refractivity contribution < 1.29 is 4.74 Å². The number of hydrogen-bond acceptors (Lipinski definition) is 4. The lowest BCUT2D eigenvalue weighted by Crippen LogP contribution is -2.52. The second-order valence-corrected chi connectivity index (χ2v) is 6.38. The van der Waals surface area contributed by atoms with E-state index < -0.39 is 0 Å². The molecule has 2 heterocycles. The molecule has 0 aromatic heterocycles. The first kappa shape index (κ1) is 14.9. The fourth-order valence-electron chi connectivity index (χ4n) is 3.63. The molecule has 0 atom stereocenters. The van der Waals surface area contributed by atoms with Gasteiger partial charge in [0, 0.05) is 44.3 Å². The van der Waals surface area contributed by atoms with Gasteiger partial charge in [-0.3, -0.25) is 4.90 Å². The maximum absolute atomic E-state index is 5.36. The molecule has 0 unspecified atom stereocenters. The molecule has 1 radical (unpaired) electrons. The average molecular weight is 290 g/mol. The molecule has 0 aromatic carbocycles. The van der Waals surface area contributed by atoms with Crippen molar-refractivity contribution in [3.63, 3.8) is 0 Å². The average Bonchev–Trinajstić information content (AvgIpc) is 2.56. The molecule has 0 bridgehead atoms. The lowest BCUT2D eigenvalue weighted by molar-refractivity contribution is 0.0774. The monoisotopic (exact) mass is 290 g/mol. The van der Waals surface area contributed by atoms with Crippen molar-refractivity contribution >= 4 is 0 Å². The van der Waals surface area contributed by atoms with Crippen LogP contribution < -0.4 is 0 Å². The van der Waals surface area contributed by atoms with Gasteiger partial charge in [0.15, 0.2) is 0 Å². The first-order chi connectivity index (χ1) is 10.3. The first-order valence-electron chi connectivity index (χ1n) is 8.23. The summed E-state index contributed by atoms with van der Waals surface area (Å²) in [6.45, 7) is 7.20. The van der Waals surface area contributed by atoms with E-state index in [0.29, 0.717) is 0 Å². The Balaban J connectivity index is 1.51. The number of piperazine rings is 1. The van der Waals surface area contributed by atoms with Crippen LogP contribution in [0.2, 0.25) is 0 Å². The second-order valence-electron chi connectivity index (χ2n) is 6.38. The number of ether oxygens (including phenoxy) is 1. The minimum Gasteiger partial charge on any atom is -0.501 e. The molecule has 2 aliphatic heterocycles. The molecular weight excluding hydrogens is 262 g/mol. The number of hydrogen-bond donors (Lipinski definition) is 0. The van der Waals surface area contributed by atoms with Crippen LogP contribution in [-0.4, -0.2) is 74.2 Å². The molecule has 0 spiro atoms. The van der Waals surface area contributed by atoms with E-state index in [0.717, 1.165) is 31.3 Å². The predicted octanol–water partition coefficient (Wildman–Crippen LogP) is 1.72. The minimum atomic E-state index is 0.807. The van der Waals surface area contributed by atoms with Gasteiger partial charge in [-0.1, -0.05) is 6.08 Å². The largest absolute Gasteiger partial charge is 0.501 e. The van der Waals surface area contributed by atoms with Gasteiger partial charge in [-0.25, -0.2) is 0 Å². The highest BCUT2D eigenvalue weighted by Gasteiger charge is 2.27. The maximum Gasteiger partial charge on any atom is 0.102 e. The minimum absolute atomic E-state index is 0.807. The van der Waals surface area contributed by atoms with Crippen LogP contribution in [0, 0.1) is 6.42 Å². The summed E-state index contributed by atoms with van der Waals surface area (Å²) < 4.78 is 5.36. The highest BCUT2D eigenvalue weighted by atomic mass is 16.5. The molecular formula is C17H28N3O. The molecule has 3 aliphatic rings. The van der Waals surface area contributed by atoms with Crippen molar-refractivity contribution in [2.24, 2.45) is 0 Å². The molecule has 0 amide bonds. The SMILES string of the molecule is COC1=CC(N2CCN(C3CCN(C)CC3)CC2)=CC[CH]1. The normalized spacial score (nSPS) is 26.5. The summed E-state index contributed by atoms with van der Waals surface area (Å²) in [5.41, 5.74) is 1.34. The van der Waals surface area contributed by atoms with Gasteiger partial charge in [-0.05, 0) is 45.5 Å². The number of rotatable bonds is 3. The summed E-state index contributed by atoms with van der Waals surface area (Å²) in [6, 6.07) is 0.807. The van der Waals surface area contributed by atoms with Crippen LogP contribution in [0.4, 0.5) is 0 Å². The van der Waals surface area contributed by atoms with Crippen molar-refractivity contribution in [3.05, 3.63) is 30.0 Å². The predicted molar refractivity (Wildman–Crippen MR) is 85.8 cm³/mol. The highest BCUT2D eigenvalue weighted by Crippen LogP contribution is 2.23. The van der Waals surface area contributed by atoms with Gasteiger partial charge in [-0.15, -0.1) is 0 Å². The Bertz CT molecular complexity index is 402. The fourth-order valence-corrected chi connectivity index (χ4v) is 3.63. The third-order valence-electron chi connectivity index (χ3n) is 5.06. The molecule has 0 saturated carbocycles. The Labute approximate surface area is 129 Å². The lowest BCUT2D eigenvalue weighted by Gasteiger charge is -2.43. The Morgan fingerprint density at radius 2 is 1.76 bits per heavy atom. The third-order valence-corrected chi connectivity index (χ3v) is 5.06. The van der Waals surface area contributed by atoms with Crippen LogP contribution in [0.25, 0.3) is 0 Å². The van der Waals surface area contributed by atoms with E-state index in [2.05, 4.69) is 40.3 Å². The number of allylic oxidation sites excluding steroid dienone is 3. The van der Waals surface area contributed by atoms with Crippen molar-refractivity contribution in [3.8, 4) is 0 Å². The standard InChI is InChI=1S/C17H28N3O/c1-18-8-6-15(7-9-18)19-10-12-20(13-11-19)16-4-3-5-17(14-16)21-2/h4-5,14-15H,3,6-13H2,1-2H3. The quantitative estimate of drug-likeness (QED) is 0.788. The Kier molecular flexibility index (Phi) is 4.86. The Morgan fingerprint density at radius 3 is 2.43 bits per heavy atom. The zero-order valence-electron chi connectivity index (χ0n) is 13.4. The number of methoxy groups -OCH3 is 1. The fraction of sp³-hybridized carbons (Fsp3) is 0.706. The first-order valence-corrected chi connectivity index (χ1v) is 8.23. The molecule has 0 N–H and O–H groups in total. The van der Waals surface area contributed by atoms with Crippen LogP contribution in [0.15, 0.2) is 23.6 Å². The van der Waals surface area contributed by atoms with E-state index in [1.807, 2.05) is 0 Å². The second kappa shape index (κ2) is 6.84. The van der Waals surface area contributed by atoms with Gasteiger partial charge < -0.3 is 14.5 Å². The van der Waals surface area contributed by atoms with E-state index in [1.54, 1.807) is 7.11 Å². The smallest absolute Gasteiger partial charge is 0.102 e. The van der Waals surface area contributed by atoms with E-state index in [4.69, 9.17) is 4.74 Å². The number of likely N-dealkylation sites (tertiary alicyclic amines) is 1. The summed E-state index contributed by atoms with van der Waals surface area (Å²) in [5, 5.41) is 0. The molecule has 117 valence electrons. The Hall–Kier alpha value is -1.00. The molecule has 0 aromatic rings. The Morgan fingerprint density at radius 1 is 1.05 bits per heavy atom. The van der Waals surface area contributed by atoms with E-state index >= 15 is 0 Å². The van der Waals surface area contributed by atoms with Gasteiger partial charge in [0.05, 0.1) is 7.11 Å². The summed E-state index contributed by atoms with van der Waals surface area (Å²) >= 11 is 0. The van der Waals surface area contributed by atoms with Crippen molar-refractivity contribution in [2.75, 3.05) is 53.4 Å². The molecule has 2 fully saturated rings. The van der Waals surface area contributed by atoms with Gasteiger partial charge in [0.25, 0.3) is 0 Å².